The van der Waals surface area contributed by atoms with Crippen molar-refractivity contribution in [2.75, 3.05) is 6.54 Å². The van der Waals surface area contributed by atoms with E-state index in [1.165, 1.54) is 17.8 Å². The van der Waals surface area contributed by atoms with Crippen LogP contribution in [0.4, 0.5) is 0 Å². The lowest BCUT2D eigenvalue weighted by Gasteiger charge is -2.06. The van der Waals surface area contributed by atoms with Crippen LogP contribution in [0.5, 0.6) is 0 Å². The fourth-order valence-electron chi connectivity index (χ4n) is 0.891. The molecule has 1 aromatic rings. The van der Waals surface area contributed by atoms with Crippen molar-refractivity contribution in [2.24, 2.45) is 7.05 Å². The molecule has 86 valence electrons. The number of rotatable bonds is 4. The van der Waals surface area contributed by atoms with Gasteiger partial charge >= 0.3 is 0 Å². The maximum absolute atomic E-state index is 11.7. The molecule has 6 nitrogen and oxygen atoms in total. The van der Waals surface area contributed by atoms with Crippen molar-refractivity contribution in [3.05, 3.63) is 9.90 Å². The van der Waals surface area contributed by atoms with Crippen molar-refractivity contribution in [1.29, 1.82) is 0 Å². The Kier molecular flexibility index (Phi) is 4.09. The molecular formula is C7H12IN3O3S. The number of hydrogen-bond acceptors (Lipinski definition) is 4. The Morgan fingerprint density at radius 3 is 2.73 bits per heavy atom. The third-order valence-electron chi connectivity index (χ3n) is 1.69. The molecule has 0 aliphatic rings. The minimum atomic E-state index is -3.57. The van der Waals surface area contributed by atoms with Gasteiger partial charge in [0.1, 0.15) is 8.60 Å². The Hall–Kier alpha value is -0.190. The zero-order valence-electron chi connectivity index (χ0n) is 8.31. The van der Waals surface area contributed by atoms with Crippen molar-refractivity contribution in [3.63, 3.8) is 0 Å². The van der Waals surface area contributed by atoms with Gasteiger partial charge in [0.15, 0.2) is 0 Å². The summed E-state index contributed by atoms with van der Waals surface area (Å²) in [4.78, 5) is 0.131. The van der Waals surface area contributed by atoms with Crippen LogP contribution in [0.3, 0.4) is 0 Å². The third kappa shape index (κ3) is 3.13. The van der Waals surface area contributed by atoms with Gasteiger partial charge in [0.25, 0.3) is 0 Å². The summed E-state index contributed by atoms with van der Waals surface area (Å²) in [5.41, 5.74) is 0. The highest BCUT2D eigenvalue weighted by Crippen LogP contribution is 2.15. The molecule has 1 heterocycles. The molecule has 15 heavy (non-hydrogen) atoms. The normalized spacial score (nSPS) is 14.1. The SMILES string of the molecule is C[C@@H](O)CNS(=O)(=O)c1cnn(C)c1I. The maximum Gasteiger partial charge on any atom is 0.244 e. The first kappa shape index (κ1) is 12.9. The number of aliphatic hydroxyl groups is 1. The number of aryl methyl sites for hydroxylation is 1. The Balaban J connectivity index is 2.92. The van der Waals surface area contributed by atoms with Gasteiger partial charge in [-0.3, -0.25) is 4.68 Å². The molecule has 1 aromatic heterocycles. The average Bonchev–Trinajstić information content (AvgIpc) is 2.45. The van der Waals surface area contributed by atoms with E-state index in [-0.39, 0.29) is 11.4 Å². The molecule has 0 spiro atoms. The second kappa shape index (κ2) is 4.76. The van der Waals surface area contributed by atoms with E-state index in [4.69, 9.17) is 5.11 Å². The van der Waals surface area contributed by atoms with Crippen molar-refractivity contribution in [1.82, 2.24) is 14.5 Å². The van der Waals surface area contributed by atoms with Gasteiger partial charge in [-0.05, 0) is 29.5 Å². The van der Waals surface area contributed by atoms with E-state index in [0.29, 0.717) is 3.70 Å². The van der Waals surface area contributed by atoms with E-state index in [9.17, 15) is 8.42 Å². The summed E-state index contributed by atoms with van der Waals surface area (Å²) in [5.74, 6) is 0. The molecule has 8 heteroatoms. The number of sulfonamides is 1. The van der Waals surface area contributed by atoms with Crippen LogP contribution in [0.15, 0.2) is 11.1 Å². The van der Waals surface area contributed by atoms with Gasteiger partial charge in [-0.25, -0.2) is 13.1 Å². The first-order valence-corrected chi connectivity index (χ1v) is 6.76. The zero-order chi connectivity index (χ0) is 11.6. The molecule has 0 unspecified atom stereocenters. The van der Waals surface area contributed by atoms with E-state index in [1.807, 2.05) is 22.6 Å². The number of halogens is 1. The number of nitrogens with one attached hydrogen (secondary N) is 1. The molecule has 0 fully saturated rings. The van der Waals surface area contributed by atoms with Crippen LogP contribution in [0.25, 0.3) is 0 Å². The molecule has 2 N–H and O–H groups in total. The summed E-state index contributed by atoms with van der Waals surface area (Å²) in [5, 5.41) is 12.8. The maximum atomic E-state index is 11.7. The standard InChI is InChI=1S/C7H12IN3O3S/c1-5(12)3-10-15(13,14)6-4-9-11(2)7(6)8/h4-5,10,12H,3H2,1-2H3/t5-/m1/s1. The summed E-state index contributed by atoms with van der Waals surface area (Å²) < 4.78 is 27.7. The van der Waals surface area contributed by atoms with Crippen LogP contribution >= 0.6 is 22.6 Å². The first-order chi connectivity index (χ1) is 6.84. The number of hydrogen-bond donors (Lipinski definition) is 2. The highest BCUT2D eigenvalue weighted by Gasteiger charge is 2.20. The Labute approximate surface area is 102 Å². The summed E-state index contributed by atoms with van der Waals surface area (Å²) in [7, 11) is -1.90. The lowest BCUT2D eigenvalue weighted by molar-refractivity contribution is 0.198. The Bertz CT molecular complexity index is 440. The molecular weight excluding hydrogens is 333 g/mol. The highest BCUT2D eigenvalue weighted by molar-refractivity contribution is 14.1. The minimum absolute atomic E-state index is 0.00664. The van der Waals surface area contributed by atoms with Crippen LogP contribution in [0.1, 0.15) is 6.92 Å². The zero-order valence-corrected chi connectivity index (χ0v) is 11.3. The van der Waals surface area contributed by atoms with Gasteiger partial charge in [-0.1, -0.05) is 0 Å². The van der Waals surface area contributed by atoms with E-state index in [0.717, 1.165) is 0 Å². The molecule has 0 aliphatic carbocycles. The monoisotopic (exact) mass is 345 g/mol. The van der Waals surface area contributed by atoms with Crippen molar-refractivity contribution >= 4 is 32.6 Å². The van der Waals surface area contributed by atoms with E-state index >= 15 is 0 Å². The highest BCUT2D eigenvalue weighted by atomic mass is 127. The van der Waals surface area contributed by atoms with E-state index in [2.05, 4.69) is 9.82 Å². The second-order valence-electron chi connectivity index (χ2n) is 3.12. The molecule has 1 atom stereocenters. The van der Waals surface area contributed by atoms with Crippen LogP contribution in [0, 0.1) is 3.70 Å². The molecule has 0 aliphatic heterocycles. The van der Waals surface area contributed by atoms with Gasteiger partial charge in [0, 0.05) is 13.6 Å². The summed E-state index contributed by atoms with van der Waals surface area (Å²) >= 11 is 1.90. The average molecular weight is 345 g/mol. The Morgan fingerprint density at radius 1 is 1.73 bits per heavy atom. The van der Waals surface area contributed by atoms with Gasteiger partial charge < -0.3 is 5.11 Å². The summed E-state index contributed by atoms with van der Waals surface area (Å²) in [6, 6.07) is 0. The molecule has 0 aromatic carbocycles. The van der Waals surface area contributed by atoms with Gasteiger partial charge in [-0.2, -0.15) is 5.10 Å². The predicted molar refractivity (Wildman–Crippen MR) is 62.8 cm³/mol. The number of nitrogens with zero attached hydrogens (tertiary/aromatic N) is 2. The van der Waals surface area contributed by atoms with Crippen LogP contribution < -0.4 is 4.72 Å². The quantitative estimate of drug-likeness (QED) is 0.733. The van der Waals surface area contributed by atoms with E-state index < -0.39 is 16.1 Å². The number of aromatic nitrogens is 2. The summed E-state index contributed by atoms with van der Waals surface area (Å²) in [6.45, 7) is 1.50. The number of aliphatic hydroxyl groups excluding tert-OH is 1. The van der Waals surface area contributed by atoms with E-state index in [1.54, 1.807) is 7.05 Å². The largest absolute Gasteiger partial charge is 0.392 e. The topological polar surface area (TPSA) is 84.2 Å². The van der Waals surface area contributed by atoms with Crippen LogP contribution in [0.2, 0.25) is 0 Å². The predicted octanol–water partition coefficient (Wildman–Crippen LogP) is -0.316. The smallest absolute Gasteiger partial charge is 0.244 e. The third-order valence-corrected chi connectivity index (χ3v) is 4.76. The molecule has 0 saturated carbocycles. The Morgan fingerprint density at radius 2 is 2.33 bits per heavy atom. The molecule has 0 saturated heterocycles. The fraction of sp³-hybridized carbons (Fsp3) is 0.571. The van der Waals surface area contributed by atoms with Gasteiger partial charge in [0.2, 0.25) is 10.0 Å². The fourth-order valence-corrected chi connectivity index (χ4v) is 3.18. The second-order valence-corrected chi connectivity index (χ2v) is 5.88. The van der Waals surface area contributed by atoms with Crippen molar-refractivity contribution < 1.29 is 13.5 Å². The summed E-state index contributed by atoms with van der Waals surface area (Å²) in [6.07, 6.45) is 0.570. The minimum Gasteiger partial charge on any atom is -0.392 e. The first-order valence-electron chi connectivity index (χ1n) is 4.20. The molecule has 0 bridgehead atoms. The van der Waals surface area contributed by atoms with Crippen LogP contribution in [-0.2, 0) is 17.1 Å². The molecule has 0 radical (unpaired) electrons. The van der Waals surface area contributed by atoms with Crippen molar-refractivity contribution in [2.45, 2.75) is 17.9 Å². The van der Waals surface area contributed by atoms with Crippen molar-refractivity contribution in [3.8, 4) is 0 Å². The lowest BCUT2D eigenvalue weighted by atomic mass is 10.4. The molecule has 0 amide bonds. The van der Waals surface area contributed by atoms with Gasteiger partial charge in [-0.15, -0.1) is 0 Å². The lowest BCUT2D eigenvalue weighted by Crippen LogP contribution is -2.30. The van der Waals surface area contributed by atoms with Crippen LogP contribution in [-0.4, -0.2) is 36.0 Å². The van der Waals surface area contributed by atoms with Gasteiger partial charge in [0.05, 0.1) is 12.3 Å². The molecule has 1 rings (SSSR count).